The van der Waals surface area contributed by atoms with Gasteiger partial charge in [0.1, 0.15) is 0 Å². The van der Waals surface area contributed by atoms with Crippen LogP contribution in [0.5, 0.6) is 0 Å². The average Bonchev–Trinajstić information content (AvgIpc) is 2.18. The van der Waals surface area contributed by atoms with Crippen LogP contribution in [0.25, 0.3) is 11.0 Å². The summed E-state index contributed by atoms with van der Waals surface area (Å²) in [6.45, 7) is 0. The standard InChI is InChI=1S/C10H8N2O2/c13-9(14)6-7-2-1-3-8-10(7)12-5-4-11-8/h1-5H,6H2,(H,13,14). The lowest BCUT2D eigenvalue weighted by molar-refractivity contribution is -0.136. The van der Waals surface area contributed by atoms with Gasteiger partial charge in [-0.3, -0.25) is 14.8 Å². The first-order valence-electron chi connectivity index (χ1n) is 4.18. The topological polar surface area (TPSA) is 63.1 Å². The van der Waals surface area contributed by atoms with Gasteiger partial charge in [0.15, 0.2) is 0 Å². The number of fused-ring (bicyclic) bond motifs is 1. The Kier molecular flexibility index (Phi) is 2.10. The smallest absolute Gasteiger partial charge is 0.307 e. The fraction of sp³-hybridized carbons (Fsp3) is 0.100. The number of aromatic nitrogens is 2. The number of hydrogen-bond acceptors (Lipinski definition) is 3. The number of carboxylic acid groups (broad SMARTS) is 1. The highest BCUT2D eigenvalue weighted by Gasteiger charge is 2.05. The van der Waals surface area contributed by atoms with E-state index in [2.05, 4.69) is 9.97 Å². The van der Waals surface area contributed by atoms with Gasteiger partial charge in [0.2, 0.25) is 0 Å². The van der Waals surface area contributed by atoms with Crippen LogP contribution >= 0.6 is 0 Å². The Labute approximate surface area is 80.2 Å². The van der Waals surface area contributed by atoms with E-state index in [-0.39, 0.29) is 6.42 Å². The fourth-order valence-electron chi connectivity index (χ4n) is 1.36. The van der Waals surface area contributed by atoms with Crippen LogP contribution in [-0.2, 0) is 11.2 Å². The third-order valence-corrected chi connectivity index (χ3v) is 1.92. The highest BCUT2D eigenvalue weighted by Crippen LogP contribution is 2.13. The number of carbonyl (C=O) groups is 1. The Morgan fingerprint density at radius 2 is 2.07 bits per heavy atom. The van der Waals surface area contributed by atoms with Crippen LogP contribution < -0.4 is 0 Å². The lowest BCUT2D eigenvalue weighted by atomic mass is 10.1. The molecule has 0 amide bonds. The monoisotopic (exact) mass is 188 g/mol. The molecule has 0 radical (unpaired) electrons. The summed E-state index contributed by atoms with van der Waals surface area (Å²) in [7, 11) is 0. The average molecular weight is 188 g/mol. The summed E-state index contributed by atoms with van der Waals surface area (Å²) in [5.41, 5.74) is 2.09. The first-order valence-corrected chi connectivity index (χ1v) is 4.18. The fourth-order valence-corrected chi connectivity index (χ4v) is 1.36. The van der Waals surface area contributed by atoms with E-state index in [9.17, 15) is 4.79 Å². The van der Waals surface area contributed by atoms with E-state index in [0.29, 0.717) is 11.1 Å². The first-order chi connectivity index (χ1) is 6.77. The van der Waals surface area contributed by atoms with Crippen molar-refractivity contribution in [3.63, 3.8) is 0 Å². The van der Waals surface area contributed by atoms with Crippen LogP contribution in [0.3, 0.4) is 0 Å². The molecule has 1 aromatic carbocycles. The third-order valence-electron chi connectivity index (χ3n) is 1.92. The highest BCUT2D eigenvalue weighted by atomic mass is 16.4. The molecule has 0 saturated carbocycles. The van der Waals surface area contributed by atoms with Crippen LogP contribution in [-0.4, -0.2) is 21.0 Å². The van der Waals surface area contributed by atoms with E-state index < -0.39 is 5.97 Å². The van der Waals surface area contributed by atoms with Crippen LogP contribution in [0.1, 0.15) is 5.56 Å². The number of benzene rings is 1. The van der Waals surface area contributed by atoms with Crippen molar-refractivity contribution in [1.82, 2.24) is 9.97 Å². The molecule has 4 nitrogen and oxygen atoms in total. The van der Waals surface area contributed by atoms with E-state index in [4.69, 9.17) is 5.11 Å². The largest absolute Gasteiger partial charge is 0.481 e. The Bertz CT molecular complexity index is 477. The third kappa shape index (κ3) is 1.54. The maximum absolute atomic E-state index is 10.6. The predicted octanol–water partition coefficient (Wildman–Crippen LogP) is 1.26. The lowest BCUT2D eigenvalue weighted by Gasteiger charge is -2.01. The summed E-state index contributed by atoms with van der Waals surface area (Å²) >= 11 is 0. The molecule has 1 aromatic heterocycles. The number of aliphatic carboxylic acids is 1. The maximum atomic E-state index is 10.6. The van der Waals surface area contributed by atoms with Gasteiger partial charge >= 0.3 is 5.97 Å². The van der Waals surface area contributed by atoms with Crippen molar-refractivity contribution in [2.45, 2.75) is 6.42 Å². The van der Waals surface area contributed by atoms with Crippen molar-refractivity contribution in [2.24, 2.45) is 0 Å². The number of para-hydroxylation sites is 1. The van der Waals surface area contributed by atoms with E-state index in [0.717, 1.165) is 5.52 Å². The van der Waals surface area contributed by atoms with Gasteiger partial charge in [-0.05, 0) is 11.6 Å². The Hall–Kier alpha value is -1.97. The molecule has 70 valence electrons. The summed E-state index contributed by atoms with van der Waals surface area (Å²) < 4.78 is 0. The lowest BCUT2D eigenvalue weighted by Crippen LogP contribution is -2.01. The predicted molar refractivity (Wildman–Crippen MR) is 50.9 cm³/mol. The zero-order valence-corrected chi connectivity index (χ0v) is 7.34. The van der Waals surface area contributed by atoms with Gasteiger partial charge in [0, 0.05) is 12.4 Å². The molecule has 14 heavy (non-hydrogen) atoms. The van der Waals surface area contributed by atoms with Crippen LogP contribution in [0.4, 0.5) is 0 Å². The quantitative estimate of drug-likeness (QED) is 0.770. The van der Waals surface area contributed by atoms with Gasteiger partial charge in [0.05, 0.1) is 17.5 Å². The van der Waals surface area contributed by atoms with E-state index in [1.54, 1.807) is 24.5 Å². The zero-order valence-electron chi connectivity index (χ0n) is 7.34. The van der Waals surface area contributed by atoms with Gasteiger partial charge < -0.3 is 5.11 Å². The minimum absolute atomic E-state index is 0.0178. The van der Waals surface area contributed by atoms with Gasteiger partial charge in [-0.15, -0.1) is 0 Å². The second-order valence-corrected chi connectivity index (χ2v) is 2.91. The van der Waals surface area contributed by atoms with Crippen molar-refractivity contribution < 1.29 is 9.90 Å². The Morgan fingerprint density at radius 3 is 2.86 bits per heavy atom. The van der Waals surface area contributed by atoms with Crippen molar-refractivity contribution in [3.05, 3.63) is 36.2 Å². The normalized spacial score (nSPS) is 10.3. The Morgan fingerprint density at radius 1 is 1.29 bits per heavy atom. The molecule has 4 heteroatoms. The number of carboxylic acids is 1. The second-order valence-electron chi connectivity index (χ2n) is 2.91. The summed E-state index contributed by atoms with van der Waals surface area (Å²) in [5, 5.41) is 8.68. The summed E-state index contributed by atoms with van der Waals surface area (Å²) in [4.78, 5) is 18.8. The Balaban J connectivity index is 2.59. The van der Waals surface area contributed by atoms with Crippen molar-refractivity contribution in [1.29, 1.82) is 0 Å². The molecule has 0 spiro atoms. The zero-order chi connectivity index (χ0) is 9.97. The SMILES string of the molecule is O=C(O)Cc1cccc2nccnc12. The second kappa shape index (κ2) is 3.41. The summed E-state index contributed by atoms with van der Waals surface area (Å²) in [5.74, 6) is -0.858. The minimum Gasteiger partial charge on any atom is -0.481 e. The van der Waals surface area contributed by atoms with Crippen molar-refractivity contribution >= 4 is 17.0 Å². The number of rotatable bonds is 2. The molecule has 0 aliphatic rings. The van der Waals surface area contributed by atoms with E-state index in [1.807, 2.05) is 6.07 Å². The highest BCUT2D eigenvalue weighted by molar-refractivity contribution is 5.82. The molecule has 0 aliphatic carbocycles. The number of hydrogen-bond donors (Lipinski definition) is 1. The molecule has 0 saturated heterocycles. The van der Waals surface area contributed by atoms with Crippen LogP contribution in [0.2, 0.25) is 0 Å². The molecule has 2 rings (SSSR count). The summed E-state index contributed by atoms with van der Waals surface area (Å²) in [6, 6.07) is 5.36. The molecule has 0 unspecified atom stereocenters. The van der Waals surface area contributed by atoms with E-state index >= 15 is 0 Å². The van der Waals surface area contributed by atoms with Crippen LogP contribution in [0.15, 0.2) is 30.6 Å². The molecular weight excluding hydrogens is 180 g/mol. The van der Waals surface area contributed by atoms with Gasteiger partial charge in [-0.1, -0.05) is 12.1 Å². The maximum Gasteiger partial charge on any atom is 0.307 e. The molecular formula is C10H8N2O2. The number of nitrogens with zero attached hydrogens (tertiary/aromatic N) is 2. The van der Waals surface area contributed by atoms with E-state index in [1.165, 1.54) is 0 Å². The first kappa shape index (κ1) is 8.62. The molecule has 1 N–H and O–H groups in total. The minimum atomic E-state index is -0.858. The molecule has 1 heterocycles. The van der Waals surface area contributed by atoms with Crippen LogP contribution in [0, 0.1) is 0 Å². The van der Waals surface area contributed by atoms with Gasteiger partial charge in [0.25, 0.3) is 0 Å². The molecule has 0 aliphatic heterocycles. The van der Waals surface area contributed by atoms with Crippen molar-refractivity contribution in [2.75, 3.05) is 0 Å². The van der Waals surface area contributed by atoms with Gasteiger partial charge in [-0.2, -0.15) is 0 Å². The molecule has 0 bridgehead atoms. The molecule has 2 aromatic rings. The molecule has 0 atom stereocenters. The summed E-state index contributed by atoms with van der Waals surface area (Å²) in [6.07, 6.45) is 3.14. The van der Waals surface area contributed by atoms with Crippen molar-refractivity contribution in [3.8, 4) is 0 Å². The van der Waals surface area contributed by atoms with Gasteiger partial charge in [-0.25, -0.2) is 0 Å². The molecule has 0 fully saturated rings.